The van der Waals surface area contributed by atoms with Crippen LogP contribution in [0.1, 0.15) is 60.6 Å². The van der Waals surface area contributed by atoms with Crippen LogP contribution in [0.25, 0.3) is 49.8 Å². The van der Waals surface area contributed by atoms with Crippen LogP contribution in [0.5, 0.6) is 5.75 Å². The van der Waals surface area contributed by atoms with Gasteiger partial charge in [0, 0.05) is 114 Å². The Morgan fingerprint density at radius 1 is 0.530 bits per heavy atom. The summed E-state index contributed by atoms with van der Waals surface area (Å²) in [7, 11) is 0. The van der Waals surface area contributed by atoms with Crippen molar-refractivity contribution in [2.45, 2.75) is 32.1 Å². The summed E-state index contributed by atoms with van der Waals surface area (Å²) in [5.74, 6) is -1.39. The number of hydrogen-bond donors (Lipinski definition) is 4. The molecule has 586 valence electrons. The SMILES string of the molecule is N#CCC(=O)Nc1ccc([N+](=O)[O-])cc1.N#Cc1c(Cl)c2ccccc2n(-c2ccc([N+](=O)[O-])cc2)c1=O.N#Cc1c(NCCN2CCCC2)c2ccccc2n(-c2ccc([N+](=O)[O-])cc2)c1=O.N#Cc1c(O)c2ccccc2n(-c2ccc([N+](=O)[O-])cc2)c1=O.NCCN1CCCC1.O=C(Cl)c1ccccc1F.O=P(Cl)(Cl)Cl.[H-].[Na+]. The van der Waals surface area contributed by atoms with Crippen molar-refractivity contribution < 1.29 is 74.3 Å². The number of aromatic hydroxyl groups is 1. The molecule has 0 spiro atoms. The van der Waals surface area contributed by atoms with E-state index in [-0.39, 0.29) is 93.2 Å². The van der Waals surface area contributed by atoms with Gasteiger partial charge < -0.3 is 32.7 Å². The van der Waals surface area contributed by atoms with Crippen molar-refractivity contribution in [3.8, 4) is 47.1 Å². The summed E-state index contributed by atoms with van der Waals surface area (Å²) >= 11 is 25.0. The number of pyridine rings is 3. The van der Waals surface area contributed by atoms with Gasteiger partial charge in [-0.1, -0.05) is 72.3 Å². The number of nitro benzene ring substituents is 4. The van der Waals surface area contributed by atoms with E-state index in [1.807, 2.05) is 30.3 Å². The maximum absolute atomic E-state index is 13.2. The van der Waals surface area contributed by atoms with Crippen molar-refractivity contribution in [3.63, 3.8) is 0 Å². The van der Waals surface area contributed by atoms with Gasteiger partial charge in [0.1, 0.15) is 47.3 Å². The van der Waals surface area contributed by atoms with Crippen LogP contribution in [0, 0.1) is 91.6 Å². The minimum absolute atomic E-state index is 0. The number of non-ortho nitro benzene ring substituents is 4. The van der Waals surface area contributed by atoms with Gasteiger partial charge in [-0.2, -0.15) is 21.0 Å². The summed E-state index contributed by atoms with van der Waals surface area (Å²) in [6, 6.07) is 55.7. The number of rotatable bonds is 16. The summed E-state index contributed by atoms with van der Waals surface area (Å²) in [4.78, 5) is 105. The Hall–Kier alpha value is -11.8. The van der Waals surface area contributed by atoms with Gasteiger partial charge in [-0.3, -0.25) is 82.7 Å². The Labute approximate surface area is 700 Å². The first kappa shape index (κ1) is 92.1. The van der Waals surface area contributed by atoms with Gasteiger partial charge in [0.2, 0.25) is 5.91 Å². The molecule has 13 rings (SSSR count). The Morgan fingerprint density at radius 2 is 0.878 bits per heavy atom. The molecule has 115 heavy (non-hydrogen) atoms. The molecule has 0 radical (unpaired) electrons. The second-order valence-electron chi connectivity index (χ2n) is 23.9. The first-order chi connectivity index (χ1) is 54.5. The maximum Gasteiger partial charge on any atom is 1.00 e. The summed E-state index contributed by atoms with van der Waals surface area (Å²) in [5.41, 5.74) is 6.59. The molecule has 11 aromatic rings. The van der Waals surface area contributed by atoms with E-state index in [0.717, 1.165) is 38.1 Å². The molecule has 2 fully saturated rings. The number of likely N-dealkylation sites (tertiary alicyclic amines) is 2. The summed E-state index contributed by atoms with van der Waals surface area (Å²) < 4.78 is 26.1. The van der Waals surface area contributed by atoms with Gasteiger partial charge in [-0.15, -0.1) is 0 Å². The summed E-state index contributed by atoms with van der Waals surface area (Å²) in [6.07, 6.45) is 4.92. The fraction of sp³-hybridized carbons (Fsp3) is 0.171. The number of nitriles is 4. The number of amides is 1. The minimum Gasteiger partial charge on any atom is -1.00 e. The van der Waals surface area contributed by atoms with E-state index >= 15 is 0 Å². The Morgan fingerprint density at radius 3 is 1.26 bits per heavy atom. The molecule has 1 amide bonds. The smallest absolute Gasteiger partial charge is 1.00 e. The molecular formula is C76H64Cl5FN16NaO15P. The molecule has 5 N–H and O–H groups in total. The second-order valence-corrected chi connectivity index (χ2v) is 31.3. The van der Waals surface area contributed by atoms with E-state index in [4.69, 9.17) is 39.5 Å². The van der Waals surface area contributed by atoms with Crippen molar-refractivity contribution in [1.29, 1.82) is 21.0 Å². The van der Waals surface area contributed by atoms with Crippen molar-refractivity contribution in [2.75, 3.05) is 63.0 Å². The molecule has 0 bridgehead atoms. The largest absolute Gasteiger partial charge is 1.00 e. The van der Waals surface area contributed by atoms with E-state index in [2.05, 4.69) is 60.2 Å². The van der Waals surface area contributed by atoms with Crippen molar-refractivity contribution >= 4 is 140 Å². The van der Waals surface area contributed by atoms with E-state index in [0.29, 0.717) is 62.3 Å². The van der Waals surface area contributed by atoms with Crippen LogP contribution in [-0.4, -0.2) is 112 Å². The molecule has 0 unspecified atom stereocenters. The monoisotopic (exact) mass is 1690 g/mol. The van der Waals surface area contributed by atoms with Crippen molar-refractivity contribution in [2.24, 2.45) is 5.73 Å². The number of aromatic nitrogens is 3. The number of fused-ring (bicyclic) bond motifs is 3. The van der Waals surface area contributed by atoms with E-state index in [1.54, 1.807) is 66.7 Å². The van der Waals surface area contributed by atoms with Crippen LogP contribution >= 0.6 is 62.1 Å². The van der Waals surface area contributed by atoms with E-state index in [9.17, 15) is 89.0 Å². The van der Waals surface area contributed by atoms with Crippen LogP contribution in [-0.2, 0) is 9.36 Å². The number of benzene rings is 8. The number of hydrogen-bond acceptors (Lipinski definition) is 23. The van der Waals surface area contributed by atoms with Crippen LogP contribution in [0.2, 0.25) is 5.02 Å². The molecule has 0 atom stereocenters. The van der Waals surface area contributed by atoms with Crippen molar-refractivity contribution in [1.82, 2.24) is 23.5 Å². The number of anilines is 2. The van der Waals surface area contributed by atoms with Gasteiger partial charge in [0.05, 0.1) is 58.6 Å². The van der Waals surface area contributed by atoms with Crippen LogP contribution in [0.3, 0.4) is 0 Å². The van der Waals surface area contributed by atoms with Crippen LogP contribution in [0.4, 0.5) is 38.5 Å². The zero-order valence-corrected chi connectivity index (χ0v) is 67.1. The normalized spacial score (nSPS) is 11.9. The Kier molecular flexibility index (Phi) is 35.7. The average Bonchev–Trinajstić information content (AvgIpc) is 0.781. The molecular weight excluding hydrogens is 1630 g/mol. The first-order valence-corrected chi connectivity index (χ1v) is 38.9. The fourth-order valence-electron chi connectivity index (χ4n) is 11.5. The van der Waals surface area contributed by atoms with Gasteiger partial charge >= 0.3 is 34.8 Å². The van der Waals surface area contributed by atoms with Gasteiger partial charge in [-0.25, -0.2) is 4.39 Å². The average molecular weight is 1690 g/mol. The van der Waals surface area contributed by atoms with Crippen LogP contribution < -0.4 is 62.6 Å². The van der Waals surface area contributed by atoms with Crippen LogP contribution in [0.15, 0.2) is 209 Å². The third-order valence-corrected chi connectivity index (χ3v) is 17.3. The molecule has 2 saturated heterocycles. The predicted octanol–water partition coefficient (Wildman–Crippen LogP) is 12.8. The zero-order chi connectivity index (χ0) is 83.3. The number of halogens is 6. The second kappa shape index (κ2) is 44.6. The molecule has 0 saturated carbocycles. The molecule has 0 aliphatic carbocycles. The van der Waals surface area contributed by atoms with Gasteiger partial charge in [0.15, 0.2) is 5.56 Å². The third-order valence-electron chi connectivity index (χ3n) is 16.7. The summed E-state index contributed by atoms with van der Waals surface area (Å²) in [5, 5.41) is 92.7. The quantitative estimate of drug-likeness (QED) is 0.0229. The molecule has 2 aliphatic rings. The first-order valence-electron chi connectivity index (χ1n) is 33.7. The Balaban J connectivity index is 0.000000255. The molecule has 8 aromatic carbocycles. The third kappa shape index (κ3) is 25.6. The molecule has 31 nitrogen and oxygen atoms in total. The number of nitro groups is 4. The fourth-order valence-corrected chi connectivity index (χ4v) is 11.9. The predicted molar refractivity (Wildman–Crippen MR) is 433 cm³/mol. The number of carbonyl (C=O) groups is 2. The number of carbonyl (C=O) groups excluding carboxylic acids is 2. The Bertz CT molecular complexity index is 5640. The zero-order valence-electron chi connectivity index (χ0n) is 61.4. The minimum atomic E-state index is -3.22. The molecule has 39 heteroatoms. The standard InChI is InChI=1S/C22H21N5O3.C16H8ClN3O3.C16H9N3O4.C9H7N3O3.C7H4ClFO.C6H14N2.Cl3OP.Na.H/c23-15-19-21(24-11-14-25-12-3-4-13-25)18-5-1-2-6-20(18)26(22(19)28)16-7-9-17(10-8-16)27(29)30;17-15-12-3-1-2-4-14(12)19(16(21)13(15)9-18)10-5-7-11(8-6-10)20(22)23;17-9-13-15(20)12-3-1-2-4-14(12)18(16(13)21)10-5-7-11(8-6-10)19(22)23;10-6-5-9(13)11-7-1-3-8(4-2-7)12(14)15;8-7(10)5-3-1-2-4-6(5)9;7-3-6-8-4-1-2-5-8;1-5(2,3)4;;/h1-2,5-10,24H,3-4,11-14H2;1-8H;1-8,20H;1-4H,5H2,(H,11,13);1-4H;1-7H2;;;/q;;;;;;;+1;-1. The number of nitrogens with one attached hydrogen (secondary N) is 2. The van der Waals surface area contributed by atoms with E-state index in [1.165, 1.54) is 168 Å². The molecule has 3 aromatic heterocycles. The molecule has 5 heterocycles. The number of para-hydroxylation sites is 3. The van der Waals surface area contributed by atoms with Crippen molar-refractivity contribution in [3.05, 3.63) is 299 Å². The van der Waals surface area contributed by atoms with E-state index < -0.39 is 58.5 Å². The van der Waals surface area contributed by atoms with Gasteiger partial charge in [0.25, 0.3) is 44.7 Å². The number of nitrogens with zero attached hydrogens (tertiary/aromatic N) is 13. The summed E-state index contributed by atoms with van der Waals surface area (Å²) in [6.45, 7) is 8.11. The van der Waals surface area contributed by atoms with Gasteiger partial charge in [-0.05, 0) is 182 Å². The molecule has 2 aliphatic heterocycles. The topological polar surface area (TPSA) is 462 Å². The number of nitrogens with two attached hydrogens (primary N) is 1. The maximum atomic E-state index is 13.2.